The van der Waals surface area contributed by atoms with E-state index in [4.69, 9.17) is 17.3 Å². The third-order valence-corrected chi connectivity index (χ3v) is 3.02. The maximum absolute atomic E-state index is 11.4. The fraction of sp³-hybridized carbons (Fsp3) is 0.300. The van der Waals surface area contributed by atoms with E-state index in [1.807, 2.05) is 6.07 Å². The average molecular weight is 211 g/mol. The Bertz CT molecular complexity index is 403. The molecule has 0 aliphatic carbocycles. The molecule has 4 heteroatoms. The Morgan fingerprint density at radius 2 is 2.14 bits per heavy atom. The van der Waals surface area contributed by atoms with Crippen molar-refractivity contribution in [3.8, 4) is 0 Å². The summed E-state index contributed by atoms with van der Waals surface area (Å²) in [6.07, 6.45) is 1.19. The standard InChI is InChI=1S/C10H11ClN2O/c1-13-8-4-3-7(12)10(11)6(8)2-5-9(13)14/h3-4H,2,5,12H2,1H3. The van der Waals surface area contributed by atoms with Crippen molar-refractivity contribution in [2.45, 2.75) is 12.8 Å². The molecular weight excluding hydrogens is 200 g/mol. The number of carbonyl (C=O) groups excluding carboxylic acids is 1. The molecule has 0 spiro atoms. The van der Waals surface area contributed by atoms with E-state index in [0.29, 0.717) is 23.6 Å². The first-order valence-corrected chi connectivity index (χ1v) is 4.82. The molecule has 0 radical (unpaired) electrons. The van der Waals surface area contributed by atoms with Crippen LogP contribution in [0.15, 0.2) is 12.1 Å². The summed E-state index contributed by atoms with van der Waals surface area (Å²) in [5.41, 5.74) is 8.12. The summed E-state index contributed by atoms with van der Waals surface area (Å²) in [6, 6.07) is 3.57. The summed E-state index contributed by atoms with van der Waals surface area (Å²) in [7, 11) is 1.76. The summed E-state index contributed by atoms with van der Waals surface area (Å²) in [6.45, 7) is 0. The van der Waals surface area contributed by atoms with E-state index in [2.05, 4.69) is 0 Å². The van der Waals surface area contributed by atoms with Gasteiger partial charge in [-0.25, -0.2) is 0 Å². The number of nitrogens with two attached hydrogens (primary N) is 1. The zero-order valence-electron chi connectivity index (χ0n) is 7.88. The molecule has 0 fully saturated rings. The van der Waals surface area contributed by atoms with Crippen LogP contribution in [0.1, 0.15) is 12.0 Å². The van der Waals surface area contributed by atoms with Gasteiger partial charge in [0, 0.05) is 19.2 Å². The van der Waals surface area contributed by atoms with E-state index in [1.165, 1.54) is 0 Å². The number of amides is 1. The zero-order valence-corrected chi connectivity index (χ0v) is 8.64. The van der Waals surface area contributed by atoms with E-state index >= 15 is 0 Å². The number of halogens is 1. The first-order valence-electron chi connectivity index (χ1n) is 4.44. The Hall–Kier alpha value is -1.22. The second-order valence-corrected chi connectivity index (χ2v) is 3.80. The third-order valence-electron chi connectivity index (χ3n) is 2.57. The first-order chi connectivity index (χ1) is 6.61. The first kappa shape index (κ1) is 9.34. The molecule has 1 aromatic rings. The fourth-order valence-electron chi connectivity index (χ4n) is 1.72. The Morgan fingerprint density at radius 3 is 2.86 bits per heavy atom. The van der Waals surface area contributed by atoms with Gasteiger partial charge in [-0.15, -0.1) is 0 Å². The lowest BCUT2D eigenvalue weighted by molar-refractivity contribution is -0.118. The van der Waals surface area contributed by atoms with Crippen LogP contribution in [0.5, 0.6) is 0 Å². The van der Waals surface area contributed by atoms with Crippen LogP contribution in [0.3, 0.4) is 0 Å². The molecule has 0 saturated heterocycles. The molecule has 2 N–H and O–H groups in total. The Morgan fingerprint density at radius 1 is 1.43 bits per heavy atom. The quantitative estimate of drug-likeness (QED) is 0.665. The van der Waals surface area contributed by atoms with Crippen molar-refractivity contribution in [1.82, 2.24) is 0 Å². The van der Waals surface area contributed by atoms with Crippen LogP contribution in [0, 0.1) is 0 Å². The molecule has 0 atom stereocenters. The summed E-state index contributed by atoms with van der Waals surface area (Å²) < 4.78 is 0. The molecule has 0 saturated carbocycles. The highest BCUT2D eigenvalue weighted by Gasteiger charge is 2.23. The predicted octanol–water partition coefficient (Wildman–Crippen LogP) is 1.83. The zero-order chi connectivity index (χ0) is 10.3. The minimum absolute atomic E-state index is 0.123. The van der Waals surface area contributed by atoms with Crippen LogP contribution in [0.4, 0.5) is 11.4 Å². The smallest absolute Gasteiger partial charge is 0.227 e. The van der Waals surface area contributed by atoms with Crippen molar-refractivity contribution in [3.05, 3.63) is 22.7 Å². The molecule has 1 heterocycles. The van der Waals surface area contributed by atoms with Gasteiger partial charge < -0.3 is 10.6 Å². The second kappa shape index (κ2) is 3.17. The average Bonchev–Trinajstić information content (AvgIpc) is 2.17. The number of nitrogens with zero attached hydrogens (tertiary/aromatic N) is 1. The van der Waals surface area contributed by atoms with E-state index in [-0.39, 0.29) is 5.91 Å². The summed E-state index contributed by atoms with van der Waals surface area (Å²) in [5, 5.41) is 0.585. The predicted molar refractivity (Wildman–Crippen MR) is 57.6 cm³/mol. The highest BCUT2D eigenvalue weighted by atomic mass is 35.5. The topological polar surface area (TPSA) is 46.3 Å². The van der Waals surface area contributed by atoms with E-state index in [9.17, 15) is 4.79 Å². The molecule has 0 aromatic heterocycles. The number of benzene rings is 1. The van der Waals surface area contributed by atoms with Gasteiger partial charge in [-0.1, -0.05) is 11.6 Å². The summed E-state index contributed by atoms with van der Waals surface area (Å²) >= 11 is 6.06. The highest BCUT2D eigenvalue weighted by Crippen LogP contribution is 2.35. The molecule has 3 nitrogen and oxygen atoms in total. The third kappa shape index (κ3) is 1.24. The van der Waals surface area contributed by atoms with Crippen LogP contribution < -0.4 is 10.6 Å². The molecule has 2 rings (SSSR count). The van der Waals surface area contributed by atoms with Crippen LogP contribution >= 0.6 is 11.6 Å². The van der Waals surface area contributed by atoms with E-state index in [1.54, 1.807) is 18.0 Å². The van der Waals surface area contributed by atoms with Gasteiger partial charge in [0.1, 0.15) is 0 Å². The highest BCUT2D eigenvalue weighted by molar-refractivity contribution is 6.34. The lowest BCUT2D eigenvalue weighted by atomic mass is 10.0. The lowest BCUT2D eigenvalue weighted by Gasteiger charge is -2.26. The lowest BCUT2D eigenvalue weighted by Crippen LogP contribution is -2.31. The molecule has 1 aliphatic rings. The van der Waals surface area contributed by atoms with Gasteiger partial charge in [-0.05, 0) is 24.1 Å². The van der Waals surface area contributed by atoms with Gasteiger partial charge in [0.25, 0.3) is 0 Å². The minimum atomic E-state index is 0.123. The van der Waals surface area contributed by atoms with Crippen molar-refractivity contribution in [1.29, 1.82) is 0 Å². The second-order valence-electron chi connectivity index (χ2n) is 3.42. The van der Waals surface area contributed by atoms with Gasteiger partial charge in [0.15, 0.2) is 0 Å². The number of nitrogen functional groups attached to an aromatic ring is 1. The van der Waals surface area contributed by atoms with Crippen molar-refractivity contribution in [3.63, 3.8) is 0 Å². The van der Waals surface area contributed by atoms with Crippen LogP contribution in [-0.4, -0.2) is 13.0 Å². The number of hydrogen-bond acceptors (Lipinski definition) is 2. The Balaban J connectivity index is 2.59. The minimum Gasteiger partial charge on any atom is -0.398 e. The maximum atomic E-state index is 11.4. The number of hydrogen-bond donors (Lipinski definition) is 1. The van der Waals surface area contributed by atoms with Crippen molar-refractivity contribution >= 4 is 28.9 Å². The monoisotopic (exact) mass is 210 g/mol. The van der Waals surface area contributed by atoms with Gasteiger partial charge in [0.05, 0.1) is 10.7 Å². The maximum Gasteiger partial charge on any atom is 0.227 e. The van der Waals surface area contributed by atoms with Gasteiger partial charge >= 0.3 is 0 Å². The Kier molecular flexibility index (Phi) is 2.11. The van der Waals surface area contributed by atoms with Crippen LogP contribution in [0.25, 0.3) is 0 Å². The van der Waals surface area contributed by atoms with E-state index in [0.717, 1.165) is 11.3 Å². The molecule has 74 valence electrons. The van der Waals surface area contributed by atoms with Gasteiger partial charge in [0.2, 0.25) is 5.91 Å². The number of rotatable bonds is 0. The van der Waals surface area contributed by atoms with Crippen LogP contribution in [-0.2, 0) is 11.2 Å². The largest absolute Gasteiger partial charge is 0.398 e. The molecule has 0 unspecified atom stereocenters. The molecule has 0 bridgehead atoms. The van der Waals surface area contributed by atoms with Crippen molar-refractivity contribution in [2.75, 3.05) is 17.7 Å². The van der Waals surface area contributed by atoms with Crippen molar-refractivity contribution in [2.24, 2.45) is 0 Å². The fourth-order valence-corrected chi connectivity index (χ4v) is 1.97. The summed E-state index contributed by atoms with van der Waals surface area (Å²) in [4.78, 5) is 13.0. The van der Waals surface area contributed by atoms with Crippen LogP contribution in [0.2, 0.25) is 5.02 Å². The number of fused-ring (bicyclic) bond motifs is 1. The number of anilines is 2. The van der Waals surface area contributed by atoms with Gasteiger partial charge in [-0.2, -0.15) is 0 Å². The number of carbonyl (C=O) groups is 1. The molecule has 1 aliphatic heterocycles. The SMILES string of the molecule is CN1C(=O)CCc2c1ccc(N)c2Cl. The molecule has 14 heavy (non-hydrogen) atoms. The summed E-state index contributed by atoms with van der Waals surface area (Å²) in [5.74, 6) is 0.123. The van der Waals surface area contributed by atoms with Crippen molar-refractivity contribution < 1.29 is 4.79 Å². The normalized spacial score (nSPS) is 15.6. The Labute approximate surface area is 87.4 Å². The van der Waals surface area contributed by atoms with Gasteiger partial charge in [-0.3, -0.25) is 4.79 Å². The molecular formula is C10H11ClN2O. The molecule has 1 amide bonds. The van der Waals surface area contributed by atoms with E-state index < -0.39 is 0 Å². The molecule has 1 aromatic carbocycles.